The molecule has 0 amide bonds. The number of methoxy groups -OCH3 is 6. The Balaban J connectivity index is 1.42. The van der Waals surface area contributed by atoms with E-state index in [-0.39, 0.29) is 45.0 Å². The fourth-order valence-corrected chi connectivity index (χ4v) is 7.51. The summed E-state index contributed by atoms with van der Waals surface area (Å²) in [4.78, 5) is 14.0. The Hall–Kier alpha value is -5.09. The molecule has 5 rings (SSSR count). The van der Waals surface area contributed by atoms with Gasteiger partial charge in [-0.2, -0.15) is 8.42 Å². The van der Waals surface area contributed by atoms with E-state index in [1.165, 1.54) is 66.9 Å². The van der Waals surface area contributed by atoms with Crippen molar-refractivity contribution in [2.75, 3.05) is 55.0 Å². The average molecular weight is 703 g/mol. The first-order valence-electron chi connectivity index (χ1n) is 14.3. The molecule has 2 heterocycles. The van der Waals surface area contributed by atoms with Crippen molar-refractivity contribution in [2.45, 2.75) is 11.3 Å². The fraction of sp³-hybridized carbons (Fsp3) is 0.281. The quantitative estimate of drug-likeness (QED) is 0.106. The van der Waals surface area contributed by atoms with Crippen molar-refractivity contribution < 1.29 is 50.2 Å². The molecule has 0 saturated heterocycles. The number of hydrogen-bond donors (Lipinski definition) is 1. The van der Waals surface area contributed by atoms with E-state index in [4.69, 9.17) is 41.8 Å². The summed E-state index contributed by atoms with van der Waals surface area (Å²) in [5.74, 6) is 2.62. The van der Waals surface area contributed by atoms with Crippen LogP contribution in [0.25, 0.3) is 22.3 Å². The van der Waals surface area contributed by atoms with Gasteiger partial charge in [-0.25, -0.2) is 0 Å². The summed E-state index contributed by atoms with van der Waals surface area (Å²) in [6.45, 7) is 0.0529. The molecular formula is C32H34N2O12S2. The van der Waals surface area contributed by atoms with Crippen molar-refractivity contribution in [3.63, 3.8) is 0 Å². The van der Waals surface area contributed by atoms with Crippen LogP contribution in [-0.4, -0.2) is 74.2 Å². The van der Waals surface area contributed by atoms with Gasteiger partial charge in [-0.05, 0) is 48.6 Å². The average Bonchev–Trinajstić information content (AvgIpc) is 3.54. The second-order valence-corrected chi connectivity index (χ2v) is 13.5. The first kappa shape index (κ1) is 34.3. The number of fused-ring (bicyclic) bond motifs is 1. The van der Waals surface area contributed by atoms with Crippen LogP contribution < -0.4 is 38.6 Å². The fourth-order valence-electron chi connectivity index (χ4n) is 4.82. The lowest BCUT2D eigenvalue weighted by atomic mass is 10.1. The lowest BCUT2D eigenvalue weighted by Gasteiger charge is -2.17. The third kappa shape index (κ3) is 6.94. The number of hydrogen-bond acceptors (Lipinski definition) is 14. The maximum atomic E-state index is 14.0. The molecule has 0 aliphatic carbocycles. The molecule has 48 heavy (non-hydrogen) atoms. The number of thiol groups is 1. The first-order valence-corrected chi connectivity index (χ1v) is 17.3. The zero-order chi connectivity index (χ0) is 34.4. The number of rotatable bonds is 14. The van der Waals surface area contributed by atoms with Crippen LogP contribution in [0.1, 0.15) is 6.42 Å². The molecule has 1 aliphatic rings. The van der Waals surface area contributed by atoms with Gasteiger partial charge < -0.3 is 41.8 Å². The van der Waals surface area contributed by atoms with E-state index in [0.717, 1.165) is 0 Å². The van der Waals surface area contributed by atoms with Crippen molar-refractivity contribution in [3.8, 4) is 51.6 Å². The summed E-state index contributed by atoms with van der Waals surface area (Å²) in [7, 11) is 3.38. The van der Waals surface area contributed by atoms with Crippen molar-refractivity contribution in [1.82, 2.24) is 0 Å². The summed E-state index contributed by atoms with van der Waals surface area (Å²) < 4.78 is 76.0. The molecule has 0 fully saturated rings. The van der Waals surface area contributed by atoms with E-state index in [9.17, 15) is 13.2 Å². The number of nitrogens with zero attached hydrogens (tertiary/aromatic N) is 2. The molecule has 16 heteroatoms. The largest absolute Gasteiger partial charge is 0.497 e. The van der Waals surface area contributed by atoms with Crippen LogP contribution in [-0.2, 0) is 14.3 Å². The van der Waals surface area contributed by atoms with Gasteiger partial charge in [0.2, 0.25) is 16.9 Å². The van der Waals surface area contributed by atoms with Crippen LogP contribution in [0.4, 0.5) is 0 Å². The highest BCUT2D eigenvalue weighted by atomic mass is 32.2. The molecule has 14 nitrogen and oxygen atoms in total. The van der Waals surface area contributed by atoms with Crippen LogP contribution >= 0.6 is 10.9 Å². The molecule has 1 aromatic heterocycles. The predicted molar refractivity (Wildman–Crippen MR) is 182 cm³/mol. The summed E-state index contributed by atoms with van der Waals surface area (Å²) in [6, 6.07) is 12.2. The topological polar surface area (TPSA) is 163 Å². The lowest BCUT2D eigenvalue weighted by Crippen LogP contribution is -2.16. The van der Waals surface area contributed by atoms with Crippen LogP contribution in [0, 0.1) is 0 Å². The van der Waals surface area contributed by atoms with E-state index in [1.54, 1.807) is 29.8 Å². The Morgan fingerprint density at radius 1 is 0.771 bits per heavy atom. The summed E-state index contributed by atoms with van der Waals surface area (Å²) in [5, 5.41) is 7.94. The van der Waals surface area contributed by atoms with E-state index < -0.39 is 26.4 Å². The smallest absolute Gasteiger partial charge is 0.341 e. The van der Waals surface area contributed by atoms with Crippen LogP contribution in [0.15, 0.2) is 72.8 Å². The summed E-state index contributed by atoms with van der Waals surface area (Å²) in [6.07, 6.45) is 0.384. The van der Waals surface area contributed by atoms with Gasteiger partial charge in [0.1, 0.15) is 33.1 Å². The van der Waals surface area contributed by atoms with E-state index in [1.807, 2.05) is 0 Å². The Labute approximate surface area is 279 Å². The monoisotopic (exact) mass is 702 g/mol. The minimum Gasteiger partial charge on any atom is -0.497 e. The third-order valence-electron chi connectivity index (χ3n) is 7.18. The van der Waals surface area contributed by atoms with Gasteiger partial charge in [-0.3, -0.25) is 4.79 Å². The highest BCUT2D eigenvalue weighted by Gasteiger charge is 2.27. The second kappa shape index (κ2) is 14.8. The Morgan fingerprint density at radius 2 is 1.44 bits per heavy atom. The van der Waals surface area contributed by atoms with Gasteiger partial charge in [0.25, 0.3) is 5.23 Å². The predicted octanol–water partition coefficient (Wildman–Crippen LogP) is 5.00. The molecule has 1 aliphatic heterocycles. The van der Waals surface area contributed by atoms with E-state index in [0.29, 0.717) is 46.5 Å². The van der Waals surface area contributed by atoms with Gasteiger partial charge in [0.15, 0.2) is 17.3 Å². The van der Waals surface area contributed by atoms with Crippen molar-refractivity contribution in [1.29, 1.82) is 0 Å². The third-order valence-corrected chi connectivity index (χ3v) is 10.4. The molecule has 3 aromatic carbocycles. The SMILES string of the molecule is COc1ccc(S(=O)(=O)OC2=NN=C[SH]2CCCOc2c(-c3cc(OC)c(OC)c(OC)c3)oc3cc(OC)cc(OC)c3c2=O)cc1. The minimum atomic E-state index is -4.15. The van der Waals surface area contributed by atoms with Crippen molar-refractivity contribution in [2.24, 2.45) is 10.2 Å². The first-order chi connectivity index (χ1) is 23.2. The Bertz CT molecular complexity index is 2000. The highest BCUT2D eigenvalue weighted by Crippen LogP contribution is 2.44. The number of ether oxygens (including phenoxy) is 7. The maximum absolute atomic E-state index is 14.0. The van der Waals surface area contributed by atoms with Gasteiger partial charge in [0.05, 0.1) is 54.8 Å². The van der Waals surface area contributed by atoms with E-state index >= 15 is 0 Å². The molecule has 256 valence electrons. The van der Waals surface area contributed by atoms with Crippen molar-refractivity contribution in [3.05, 3.63) is 58.8 Å². The second-order valence-electron chi connectivity index (χ2n) is 9.93. The van der Waals surface area contributed by atoms with Gasteiger partial charge in [-0.1, -0.05) is 0 Å². The zero-order valence-corrected chi connectivity index (χ0v) is 28.7. The van der Waals surface area contributed by atoms with Crippen molar-refractivity contribution >= 4 is 42.8 Å². The lowest BCUT2D eigenvalue weighted by molar-refractivity contribution is 0.309. The molecule has 0 spiro atoms. The zero-order valence-electron chi connectivity index (χ0n) is 27.0. The van der Waals surface area contributed by atoms with Crippen LogP contribution in [0.5, 0.6) is 40.2 Å². The van der Waals surface area contributed by atoms with Crippen LogP contribution in [0.2, 0.25) is 0 Å². The van der Waals surface area contributed by atoms with E-state index in [2.05, 4.69) is 10.2 Å². The normalized spacial score (nSPS) is 14.7. The van der Waals surface area contributed by atoms with Gasteiger partial charge in [-0.15, -0.1) is 21.1 Å². The molecule has 0 bridgehead atoms. The number of benzene rings is 3. The highest BCUT2D eigenvalue weighted by molar-refractivity contribution is 8.40. The molecular weight excluding hydrogens is 668 g/mol. The molecule has 4 aromatic rings. The molecule has 1 unspecified atom stereocenters. The molecule has 1 atom stereocenters. The molecule has 0 radical (unpaired) electrons. The van der Waals surface area contributed by atoms with Crippen LogP contribution in [0.3, 0.4) is 0 Å². The summed E-state index contributed by atoms with van der Waals surface area (Å²) in [5.41, 5.74) is 1.69. The standard InChI is InChI=1S/C32H34N2O12S2/c1-38-20-8-10-22(11-9-20)48(36,37)46-32-34-33-18-47(32)13-7-12-44-31-28(35)27-23(40-3)16-21(39-2)17-24(27)45-29(31)19-14-25(41-4)30(43-6)26(15-19)42-5/h8-11,14-18,47H,7,12-13H2,1-6H3. The Morgan fingerprint density at radius 3 is 2.04 bits per heavy atom. The van der Waals surface area contributed by atoms with Gasteiger partial charge in [0, 0.05) is 17.7 Å². The molecule has 0 N–H and O–H groups in total. The van der Waals surface area contributed by atoms with Gasteiger partial charge >= 0.3 is 10.1 Å². The maximum Gasteiger partial charge on any atom is 0.341 e. The Kier molecular flexibility index (Phi) is 10.5. The summed E-state index contributed by atoms with van der Waals surface area (Å²) >= 11 is 0. The minimum absolute atomic E-state index is 0.0113. The molecule has 0 saturated carbocycles.